The van der Waals surface area contributed by atoms with Crippen molar-refractivity contribution in [1.82, 2.24) is 0 Å². The van der Waals surface area contributed by atoms with Crippen LogP contribution in [0.1, 0.15) is 57.7 Å². The van der Waals surface area contributed by atoms with Gasteiger partial charge in [-0.3, -0.25) is 0 Å². The third-order valence-corrected chi connectivity index (χ3v) is 4.41. The summed E-state index contributed by atoms with van der Waals surface area (Å²) in [7, 11) is 0. The van der Waals surface area contributed by atoms with Crippen molar-refractivity contribution in [2.75, 3.05) is 0 Å². The highest BCUT2D eigenvalue weighted by Gasteiger charge is 2.31. The summed E-state index contributed by atoms with van der Waals surface area (Å²) >= 11 is 0. The molecule has 2 nitrogen and oxygen atoms in total. The van der Waals surface area contributed by atoms with Crippen LogP contribution in [0.4, 0.5) is 0 Å². The Morgan fingerprint density at radius 1 is 1.29 bits per heavy atom. The van der Waals surface area contributed by atoms with E-state index >= 15 is 0 Å². The maximum absolute atomic E-state index is 10.4. The minimum absolute atomic E-state index is 0.372. The van der Waals surface area contributed by atoms with Gasteiger partial charge in [-0.05, 0) is 42.7 Å². The van der Waals surface area contributed by atoms with Gasteiger partial charge in [0.05, 0.1) is 0 Å². The number of aliphatic hydroxyl groups is 1. The van der Waals surface area contributed by atoms with Crippen LogP contribution in [0.2, 0.25) is 0 Å². The zero-order valence-corrected chi connectivity index (χ0v) is 11.1. The molecule has 4 unspecified atom stereocenters. The van der Waals surface area contributed by atoms with Crippen molar-refractivity contribution < 1.29 is 9.52 Å². The van der Waals surface area contributed by atoms with Crippen LogP contribution < -0.4 is 0 Å². The van der Waals surface area contributed by atoms with Crippen molar-refractivity contribution in [2.45, 2.75) is 52.6 Å². The Balaban J connectivity index is 2.02. The minimum Gasteiger partial charge on any atom is -0.463 e. The SMILES string of the molecule is CCc1ccc(C(O)C2CCC(C)C(C)C2)o1. The van der Waals surface area contributed by atoms with E-state index in [9.17, 15) is 5.11 Å². The van der Waals surface area contributed by atoms with Gasteiger partial charge in [0, 0.05) is 6.42 Å². The Labute approximate surface area is 104 Å². The fraction of sp³-hybridized carbons (Fsp3) is 0.733. The minimum atomic E-state index is -0.412. The standard InChI is InChI=1S/C15H24O2/c1-4-13-7-8-14(17-13)15(16)12-6-5-10(2)11(3)9-12/h7-8,10-12,15-16H,4-6,9H2,1-3H3. The van der Waals surface area contributed by atoms with Gasteiger partial charge in [-0.15, -0.1) is 0 Å². The Morgan fingerprint density at radius 2 is 2.06 bits per heavy atom. The first-order valence-electron chi connectivity index (χ1n) is 6.88. The molecule has 1 aromatic rings. The summed E-state index contributed by atoms with van der Waals surface area (Å²) in [6, 6.07) is 3.92. The number of hydrogen-bond acceptors (Lipinski definition) is 2. The van der Waals surface area contributed by atoms with Gasteiger partial charge in [0.15, 0.2) is 0 Å². The molecule has 1 aliphatic rings. The molecule has 17 heavy (non-hydrogen) atoms. The zero-order valence-electron chi connectivity index (χ0n) is 11.1. The number of aryl methyl sites for hydroxylation is 1. The molecule has 0 saturated heterocycles. The molecule has 1 aromatic heterocycles. The summed E-state index contributed by atoms with van der Waals surface area (Å²) in [6.45, 7) is 6.68. The highest BCUT2D eigenvalue weighted by atomic mass is 16.4. The Kier molecular flexibility index (Phi) is 3.93. The van der Waals surface area contributed by atoms with Gasteiger partial charge in [0.1, 0.15) is 17.6 Å². The van der Waals surface area contributed by atoms with Gasteiger partial charge in [-0.25, -0.2) is 0 Å². The lowest BCUT2D eigenvalue weighted by molar-refractivity contribution is 0.0400. The number of furan rings is 1. The van der Waals surface area contributed by atoms with Gasteiger partial charge >= 0.3 is 0 Å². The third-order valence-electron chi connectivity index (χ3n) is 4.41. The van der Waals surface area contributed by atoms with E-state index in [0.717, 1.165) is 36.7 Å². The highest BCUT2D eigenvalue weighted by Crippen LogP contribution is 2.40. The maximum atomic E-state index is 10.4. The van der Waals surface area contributed by atoms with Crippen LogP contribution in [0.25, 0.3) is 0 Å². The largest absolute Gasteiger partial charge is 0.463 e. The lowest BCUT2D eigenvalue weighted by atomic mass is 9.73. The van der Waals surface area contributed by atoms with E-state index in [4.69, 9.17) is 4.42 Å². The second-order valence-electron chi connectivity index (χ2n) is 5.63. The fourth-order valence-electron chi connectivity index (χ4n) is 2.85. The Morgan fingerprint density at radius 3 is 2.65 bits per heavy atom. The van der Waals surface area contributed by atoms with E-state index in [1.807, 2.05) is 12.1 Å². The van der Waals surface area contributed by atoms with E-state index in [0.29, 0.717) is 11.8 Å². The molecule has 0 spiro atoms. The molecule has 1 aliphatic carbocycles. The monoisotopic (exact) mass is 236 g/mol. The van der Waals surface area contributed by atoms with E-state index < -0.39 is 6.10 Å². The zero-order chi connectivity index (χ0) is 12.4. The fourth-order valence-corrected chi connectivity index (χ4v) is 2.85. The van der Waals surface area contributed by atoms with Gasteiger partial charge < -0.3 is 9.52 Å². The van der Waals surface area contributed by atoms with E-state index in [2.05, 4.69) is 20.8 Å². The molecule has 1 N–H and O–H groups in total. The Hall–Kier alpha value is -0.760. The lowest BCUT2D eigenvalue weighted by Gasteiger charge is -2.34. The molecule has 0 aliphatic heterocycles. The van der Waals surface area contributed by atoms with Gasteiger partial charge in [-0.2, -0.15) is 0 Å². The molecule has 4 atom stereocenters. The van der Waals surface area contributed by atoms with Crippen LogP contribution in [0.5, 0.6) is 0 Å². The van der Waals surface area contributed by atoms with Crippen molar-refractivity contribution >= 4 is 0 Å². The van der Waals surface area contributed by atoms with Crippen molar-refractivity contribution in [3.05, 3.63) is 23.7 Å². The first kappa shape index (κ1) is 12.7. The van der Waals surface area contributed by atoms with Crippen LogP contribution in [0.15, 0.2) is 16.5 Å². The van der Waals surface area contributed by atoms with Crippen LogP contribution in [0, 0.1) is 17.8 Å². The molecule has 1 fully saturated rings. The van der Waals surface area contributed by atoms with Gasteiger partial charge in [-0.1, -0.05) is 27.2 Å². The Bertz CT molecular complexity index is 356. The van der Waals surface area contributed by atoms with Crippen molar-refractivity contribution in [1.29, 1.82) is 0 Å². The summed E-state index contributed by atoms with van der Waals surface area (Å²) in [5, 5.41) is 10.4. The van der Waals surface area contributed by atoms with Gasteiger partial charge in [0.25, 0.3) is 0 Å². The van der Waals surface area contributed by atoms with E-state index in [1.54, 1.807) is 0 Å². The van der Waals surface area contributed by atoms with E-state index in [1.165, 1.54) is 6.42 Å². The second-order valence-corrected chi connectivity index (χ2v) is 5.63. The summed E-state index contributed by atoms with van der Waals surface area (Å²) in [4.78, 5) is 0. The lowest BCUT2D eigenvalue weighted by Crippen LogP contribution is -2.25. The molecule has 2 rings (SSSR count). The van der Waals surface area contributed by atoms with Crippen LogP contribution in [-0.2, 0) is 6.42 Å². The predicted molar refractivity (Wildman–Crippen MR) is 68.7 cm³/mol. The molecular formula is C15H24O2. The average molecular weight is 236 g/mol. The average Bonchev–Trinajstić information content (AvgIpc) is 2.80. The molecule has 0 bridgehead atoms. The third kappa shape index (κ3) is 2.74. The molecular weight excluding hydrogens is 212 g/mol. The summed E-state index contributed by atoms with van der Waals surface area (Å²) < 4.78 is 5.66. The van der Waals surface area contributed by atoms with Gasteiger partial charge in [0.2, 0.25) is 0 Å². The van der Waals surface area contributed by atoms with Crippen molar-refractivity contribution in [3.63, 3.8) is 0 Å². The molecule has 96 valence electrons. The van der Waals surface area contributed by atoms with Crippen LogP contribution >= 0.6 is 0 Å². The molecule has 0 radical (unpaired) electrons. The number of aliphatic hydroxyl groups excluding tert-OH is 1. The summed E-state index contributed by atoms with van der Waals surface area (Å²) in [5.41, 5.74) is 0. The smallest absolute Gasteiger partial charge is 0.132 e. The van der Waals surface area contributed by atoms with Crippen LogP contribution in [0.3, 0.4) is 0 Å². The molecule has 1 saturated carbocycles. The van der Waals surface area contributed by atoms with Crippen LogP contribution in [-0.4, -0.2) is 5.11 Å². The second kappa shape index (κ2) is 5.26. The number of hydrogen-bond donors (Lipinski definition) is 1. The molecule has 1 heterocycles. The maximum Gasteiger partial charge on any atom is 0.132 e. The summed E-state index contributed by atoms with van der Waals surface area (Å²) in [6.07, 6.45) is 3.94. The quantitative estimate of drug-likeness (QED) is 0.862. The van der Waals surface area contributed by atoms with Crippen molar-refractivity contribution in [3.8, 4) is 0 Å². The molecule has 0 aromatic carbocycles. The van der Waals surface area contributed by atoms with E-state index in [-0.39, 0.29) is 0 Å². The normalized spacial score (nSPS) is 31.4. The molecule has 2 heteroatoms. The first-order chi connectivity index (χ1) is 8.11. The topological polar surface area (TPSA) is 33.4 Å². The molecule has 0 amide bonds. The first-order valence-corrected chi connectivity index (χ1v) is 6.88. The predicted octanol–water partition coefficient (Wildman–Crippen LogP) is 3.95. The summed E-state index contributed by atoms with van der Waals surface area (Å²) in [5.74, 6) is 3.60. The highest BCUT2D eigenvalue weighted by molar-refractivity contribution is 5.10. The number of rotatable bonds is 3. The van der Waals surface area contributed by atoms with Crippen molar-refractivity contribution in [2.24, 2.45) is 17.8 Å².